The minimum atomic E-state index is 0.318. The van der Waals surface area contributed by atoms with E-state index in [0.717, 1.165) is 0 Å². The van der Waals surface area contributed by atoms with Crippen LogP contribution in [0.15, 0.2) is 91.0 Å². The molecule has 0 spiro atoms. The third-order valence-electron chi connectivity index (χ3n) is 6.83. The number of hydrogen-bond donors (Lipinski definition) is 0. The fraction of sp³-hybridized carbons (Fsp3) is 0.351. The second kappa shape index (κ2) is 14.6. The van der Waals surface area contributed by atoms with E-state index in [1.165, 1.54) is 50.1 Å². The van der Waals surface area contributed by atoms with Crippen LogP contribution in [0.1, 0.15) is 109 Å². The fourth-order valence-corrected chi connectivity index (χ4v) is 5.67. The lowest BCUT2D eigenvalue weighted by Gasteiger charge is -2.19. The Balaban J connectivity index is 0.000000553. The molecule has 0 nitrogen and oxygen atoms in total. The molecule has 0 N–H and O–H groups in total. The van der Waals surface area contributed by atoms with E-state index in [0.29, 0.717) is 17.8 Å². The normalized spacial score (nSPS) is 13.5. The van der Waals surface area contributed by atoms with Gasteiger partial charge in [-0.25, -0.2) is 0 Å². The van der Waals surface area contributed by atoms with Crippen molar-refractivity contribution < 1.29 is 0 Å². The average molecular weight is 493 g/mol. The quantitative estimate of drug-likeness (QED) is 0.230. The summed E-state index contributed by atoms with van der Waals surface area (Å²) in [5.74, 6) is 1.41. The van der Waals surface area contributed by atoms with Gasteiger partial charge in [-0.05, 0) is 62.1 Å². The van der Waals surface area contributed by atoms with Crippen molar-refractivity contribution in [3.8, 4) is 22.3 Å². The van der Waals surface area contributed by atoms with Crippen LogP contribution in [0.3, 0.4) is 0 Å². The second-order valence-corrected chi connectivity index (χ2v) is 8.76. The predicted octanol–water partition coefficient (Wildman–Crippen LogP) is 11.7. The summed E-state index contributed by atoms with van der Waals surface area (Å²) in [5, 5.41) is 0. The molecular weight excluding hydrogens is 444 g/mol. The molecule has 2 aliphatic rings. The average Bonchev–Trinajstić information content (AvgIpc) is 3.50. The van der Waals surface area contributed by atoms with Gasteiger partial charge in [-0.15, -0.1) is 0 Å². The maximum absolute atomic E-state index is 2.47. The van der Waals surface area contributed by atoms with Gasteiger partial charge in [0.2, 0.25) is 0 Å². The van der Waals surface area contributed by atoms with Gasteiger partial charge in [0.05, 0.1) is 0 Å². The Bertz CT molecular complexity index is 1200. The molecule has 0 saturated carbocycles. The minimum absolute atomic E-state index is 0.318. The third kappa shape index (κ3) is 5.59. The Morgan fingerprint density at radius 1 is 0.432 bits per heavy atom. The van der Waals surface area contributed by atoms with E-state index in [1.54, 1.807) is 0 Å². The minimum Gasteiger partial charge on any atom is -0.0683 e. The van der Waals surface area contributed by atoms with E-state index in [9.17, 15) is 0 Å². The van der Waals surface area contributed by atoms with Gasteiger partial charge in [-0.2, -0.15) is 0 Å². The van der Waals surface area contributed by atoms with E-state index in [4.69, 9.17) is 0 Å². The van der Waals surface area contributed by atoms with E-state index >= 15 is 0 Å². The SMILES string of the molecule is CC.CC.CC.CC.CC(C)C1c2ccccc2-c2cc(C3c4ccccc4-c4ccccc43)ccc21. The molecule has 0 aromatic heterocycles. The van der Waals surface area contributed by atoms with Gasteiger partial charge in [0, 0.05) is 11.8 Å². The molecule has 2 aliphatic carbocycles. The molecule has 0 radical (unpaired) electrons. The third-order valence-corrected chi connectivity index (χ3v) is 6.83. The molecule has 1 atom stereocenters. The van der Waals surface area contributed by atoms with Crippen LogP contribution in [0.2, 0.25) is 0 Å². The number of hydrogen-bond acceptors (Lipinski definition) is 0. The van der Waals surface area contributed by atoms with E-state index in [2.05, 4.69) is 105 Å². The zero-order valence-electron chi connectivity index (χ0n) is 24.9. The van der Waals surface area contributed by atoms with Gasteiger partial charge in [-0.3, -0.25) is 0 Å². The van der Waals surface area contributed by atoms with Gasteiger partial charge < -0.3 is 0 Å². The van der Waals surface area contributed by atoms with Crippen molar-refractivity contribution in [1.82, 2.24) is 0 Å². The summed E-state index contributed by atoms with van der Waals surface area (Å²) in [6.07, 6.45) is 0. The van der Waals surface area contributed by atoms with Crippen molar-refractivity contribution in [3.05, 3.63) is 119 Å². The summed E-state index contributed by atoms with van der Waals surface area (Å²) in [6, 6.07) is 34.0. The van der Waals surface area contributed by atoms with Crippen LogP contribution in [0.25, 0.3) is 22.3 Å². The highest BCUT2D eigenvalue weighted by Crippen LogP contribution is 2.52. The lowest BCUT2D eigenvalue weighted by atomic mass is 9.84. The van der Waals surface area contributed by atoms with Crippen molar-refractivity contribution in [2.24, 2.45) is 5.92 Å². The zero-order chi connectivity index (χ0) is 27.5. The molecule has 0 saturated heterocycles. The van der Waals surface area contributed by atoms with Gasteiger partial charge >= 0.3 is 0 Å². The molecule has 6 rings (SSSR count). The summed E-state index contributed by atoms with van der Waals surface area (Å²) in [4.78, 5) is 0. The monoisotopic (exact) mass is 492 g/mol. The molecule has 196 valence electrons. The first kappa shape index (κ1) is 30.1. The standard InChI is InChI=1S/C29H24.4C2H6/c1-18(2)28-23-12-6-5-11-22(23)27-17-19(15-16-26(27)28)29-24-13-7-3-9-20(24)21-10-4-8-14-25(21)29;4*1-2/h3-18,28-29H,1-2H3;4*1-2H3. The Kier molecular flexibility index (Phi) is 11.9. The molecule has 0 aliphatic heterocycles. The maximum atomic E-state index is 2.47. The first-order valence-electron chi connectivity index (χ1n) is 14.7. The zero-order valence-corrected chi connectivity index (χ0v) is 24.9. The number of fused-ring (bicyclic) bond motifs is 6. The smallest absolute Gasteiger partial charge is 0.0352 e. The molecule has 0 bridgehead atoms. The highest BCUT2D eigenvalue weighted by molar-refractivity contribution is 5.83. The molecule has 4 aromatic carbocycles. The van der Waals surface area contributed by atoms with Crippen LogP contribution in [0.5, 0.6) is 0 Å². The summed E-state index contributed by atoms with van der Waals surface area (Å²) in [6.45, 7) is 20.7. The van der Waals surface area contributed by atoms with Crippen LogP contribution in [0.4, 0.5) is 0 Å². The number of rotatable bonds is 2. The Morgan fingerprint density at radius 2 is 0.811 bits per heavy atom. The van der Waals surface area contributed by atoms with E-state index in [1.807, 2.05) is 55.4 Å². The van der Waals surface area contributed by atoms with Crippen molar-refractivity contribution in [2.45, 2.75) is 81.1 Å². The van der Waals surface area contributed by atoms with Crippen molar-refractivity contribution in [3.63, 3.8) is 0 Å². The molecule has 4 aromatic rings. The Hall–Kier alpha value is -3.12. The lowest BCUT2D eigenvalue weighted by Crippen LogP contribution is -2.05. The van der Waals surface area contributed by atoms with Crippen molar-refractivity contribution in [1.29, 1.82) is 0 Å². The number of benzene rings is 4. The Morgan fingerprint density at radius 3 is 1.27 bits per heavy atom. The predicted molar refractivity (Wildman–Crippen MR) is 167 cm³/mol. The van der Waals surface area contributed by atoms with Gasteiger partial charge in [0.15, 0.2) is 0 Å². The highest BCUT2D eigenvalue weighted by Gasteiger charge is 2.33. The second-order valence-electron chi connectivity index (χ2n) is 8.76. The van der Waals surface area contributed by atoms with Crippen LogP contribution in [0, 0.1) is 5.92 Å². The maximum Gasteiger partial charge on any atom is 0.0352 e. The molecule has 1 unspecified atom stereocenters. The summed E-state index contributed by atoms with van der Waals surface area (Å²) < 4.78 is 0. The van der Waals surface area contributed by atoms with Crippen LogP contribution < -0.4 is 0 Å². The van der Waals surface area contributed by atoms with E-state index in [-0.39, 0.29) is 0 Å². The molecule has 0 fully saturated rings. The first-order valence-corrected chi connectivity index (χ1v) is 14.7. The van der Waals surface area contributed by atoms with Crippen LogP contribution in [-0.4, -0.2) is 0 Å². The van der Waals surface area contributed by atoms with Gasteiger partial charge in [0.1, 0.15) is 0 Å². The van der Waals surface area contributed by atoms with E-state index < -0.39 is 0 Å². The molecular formula is C37H48. The lowest BCUT2D eigenvalue weighted by molar-refractivity contribution is 0.573. The Labute approximate surface area is 227 Å². The molecule has 0 heteroatoms. The van der Waals surface area contributed by atoms with Gasteiger partial charge in [0.25, 0.3) is 0 Å². The van der Waals surface area contributed by atoms with Crippen molar-refractivity contribution >= 4 is 0 Å². The molecule has 0 amide bonds. The molecule has 37 heavy (non-hydrogen) atoms. The fourth-order valence-electron chi connectivity index (χ4n) is 5.67. The topological polar surface area (TPSA) is 0 Å². The summed E-state index contributed by atoms with van der Waals surface area (Å²) >= 11 is 0. The van der Waals surface area contributed by atoms with Crippen LogP contribution in [-0.2, 0) is 0 Å². The van der Waals surface area contributed by atoms with Crippen molar-refractivity contribution in [2.75, 3.05) is 0 Å². The highest BCUT2D eigenvalue weighted by atomic mass is 14.4. The van der Waals surface area contributed by atoms with Crippen LogP contribution >= 0.6 is 0 Å². The largest absolute Gasteiger partial charge is 0.0683 e. The summed E-state index contributed by atoms with van der Waals surface area (Å²) in [7, 11) is 0. The van der Waals surface area contributed by atoms with Gasteiger partial charge in [-0.1, -0.05) is 154 Å². The molecule has 0 heterocycles. The first-order chi connectivity index (χ1) is 18.2. The summed E-state index contributed by atoms with van der Waals surface area (Å²) in [5.41, 5.74) is 12.9.